The molecule has 0 saturated heterocycles. The lowest BCUT2D eigenvalue weighted by Crippen LogP contribution is -2.48. The van der Waals surface area contributed by atoms with E-state index in [9.17, 15) is 22.4 Å². The Morgan fingerprint density at radius 2 is 1.76 bits per heavy atom. The molecule has 0 radical (unpaired) electrons. The van der Waals surface area contributed by atoms with Crippen LogP contribution in [0.1, 0.15) is 38.7 Å². The van der Waals surface area contributed by atoms with Crippen LogP contribution in [0.2, 0.25) is 5.02 Å². The Hall–Kier alpha value is -2.65. The predicted molar refractivity (Wildman–Crippen MR) is 133 cm³/mol. The molecule has 2 rings (SSSR count). The number of anilines is 1. The Morgan fingerprint density at radius 1 is 1.12 bits per heavy atom. The van der Waals surface area contributed by atoms with E-state index in [0.29, 0.717) is 17.1 Å². The van der Waals surface area contributed by atoms with E-state index in [0.717, 1.165) is 17.0 Å². The molecule has 0 unspecified atom stereocenters. The van der Waals surface area contributed by atoms with Crippen molar-refractivity contribution in [2.75, 3.05) is 23.7 Å². The third-order valence-corrected chi connectivity index (χ3v) is 6.84. The summed E-state index contributed by atoms with van der Waals surface area (Å²) in [6, 6.07) is 11.9. The molecule has 2 amide bonds. The highest BCUT2D eigenvalue weighted by Gasteiger charge is 2.27. The average molecular weight is 512 g/mol. The number of benzene rings is 2. The number of nitrogens with one attached hydrogen (secondary N) is 1. The average Bonchev–Trinajstić information content (AvgIpc) is 2.79. The summed E-state index contributed by atoms with van der Waals surface area (Å²) in [6.07, 6.45) is 1.86. The minimum absolute atomic E-state index is 0.0314. The summed E-state index contributed by atoms with van der Waals surface area (Å²) in [5.74, 6) is -1.28. The van der Waals surface area contributed by atoms with Gasteiger partial charge in [0.25, 0.3) is 0 Å². The van der Waals surface area contributed by atoms with E-state index in [1.165, 1.54) is 23.1 Å². The maximum absolute atomic E-state index is 14.2. The molecule has 0 aliphatic carbocycles. The van der Waals surface area contributed by atoms with Crippen LogP contribution >= 0.6 is 11.6 Å². The maximum atomic E-state index is 14.2. The standard InChI is InChI=1S/C24H31ClFN3O4S/c1-4-15-27-24(31)18(2)28(17-19-10-5-6-11-20(19)25)23(30)14-9-16-29(34(3,32)33)22-13-8-7-12-21(22)26/h5-8,10-13,18H,4,9,14-17H2,1-3H3,(H,27,31)/t18-/m1/s1. The molecule has 0 spiro atoms. The summed E-state index contributed by atoms with van der Waals surface area (Å²) >= 11 is 6.27. The van der Waals surface area contributed by atoms with Gasteiger partial charge in [0.1, 0.15) is 11.9 Å². The number of rotatable bonds is 12. The molecule has 0 bridgehead atoms. The second-order valence-electron chi connectivity index (χ2n) is 7.97. The Bertz CT molecular complexity index is 1100. The third-order valence-electron chi connectivity index (χ3n) is 5.29. The fraction of sp³-hybridized carbons (Fsp3) is 0.417. The number of carbonyl (C=O) groups is 2. The van der Waals surface area contributed by atoms with Crippen molar-refractivity contribution in [1.82, 2.24) is 10.2 Å². The number of nitrogens with zero attached hydrogens (tertiary/aromatic N) is 2. The van der Waals surface area contributed by atoms with Gasteiger partial charge in [-0.2, -0.15) is 0 Å². The molecule has 0 heterocycles. The van der Waals surface area contributed by atoms with Gasteiger partial charge in [-0.1, -0.05) is 48.9 Å². The number of halogens is 2. The van der Waals surface area contributed by atoms with E-state index < -0.39 is 21.9 Å². The van der Waals surface area contributed by atoms with Crippen molar-refractivity contribution in [1.29, 1.82) is 0 Å². The van der Waals surface area contributed by atoms with Gasteiger partial charge in [-0.15, -0.1) is 0 Å². The molecule has 1 N–H and O–H groups in total. The molecule has 2 aromatic carbocycles. The molecule has 0 saturated carbocycles. The van der Waals surface area contributed by atoms with E-state index in [-0.39, 0.29) is 43.4 Å². The summed E-state index contributed by atoms with van der Waals surface area (Å²) in [7, 11) is -3.77. The lowest BCUT2D eigenvalue weighted by Gasteiger charge is -2.29. The molecule has 34 heavy (non-hydrogen) atoms. The van der Waals surface area contributed by atoms with E-state index in [2.05, 4.69) is 5.32 Å². The van der Waals surface area contributed by atoms with Crippen molar-refractivity contribution in [2.45, 2.75) is 45.7 Å². The van der Waals surface area contributed by atoms with Gasteiger partial charge in [-0.05, 0) is 43.5 Å². The van der Waals surface area contributed by atoms with Crippen molar-refractivity contribution in [2.24, 2.45) is 0 Å². The van der Waals surface area contributed by atoms with E-state index in [1.807, 2.05) is 6.92 Å². The summed E-state index contributed by atoms with van der Waals surface area (Å²) < 4.78 is 39.7. The molecular weight excluding hydrogens is 481 g/mol. The Balaban J connectivity index is 2.17. The number of para-hydroxylation sites is 1. The van der Waals surface area contributed by atoms with Crippen LogP contribution in [0.25, 0.3) is 0 Å². The van der Waals surface area contributed by atoms with Gasteiger partial charge >= 0.3 is 0 Å². The zero-order valence-electron chi connectivity index (χ0n) is 19.6. The van der Waals surface area contributed by atoms with Gasteiger partial charge in [0.05, 0.1) is 11.9 Å². The highest BCUT2D eigenvalue weighted by molar-refractivity contribution is 7.92. The van der Waals surface area contributed by atoms with Crippen molar-refractivity contribution >= 4 is 39.1 Å². The van der Waals surface area contributed by atoms with E-state index in [1.54, 1.807) is 37.3 Å². The number of sulfonamides is 1. The molecule has 0 fully saturated rings. The normalized spacial score (nSPS) is 12.1. The van der Waals surface area contributed by atoms with Crippen LogP contribution in [0.15, 0.2) is 48.5 Å². The van der Waals surface area contributed by atoms with Crippen molar-refractivity contribution in [3.8, 4) is 0 Å². The minimum atomic E-state index is -3.77. The Morgan fingerprint density at radius 3 is 2.38 bits per heavy atom. The molecular formula is C24H31ClFN3O4S. The second kappa shape index (κ2) is 12.7. The van der Waals surface area contributed by atoms with Crippen LogP contribution in [0.3, 0.4) is 0 Å². The highest BCUT2D eigenvalue weighted by atomic mass is 35.5. The van der Waals surface area contributed by atoms with Gasteiger partial charge in [0, 0.05) is 31.1 Å². The number of hydrogen-bond acceptors (Lipinski definition) is 4. The first kappa shape index (κ1) is 27.6. The van der Waals surface area contributed by atoms with Gasteiger partial charge < -0.3 is 10.2 Å². The number of carbonyl (C=O) groups excluding carboxylic acids is 2. The largest absolute Gasteiger partial charge is 0.354 e. The minimum Gasteiger partial charge on any atom is -0.354 e. The van der Waals surface area contributed by atoms with Gasteiger partial charge in [0.15, 0.2) is 0 Å². The molecule has 0 aromatic heterocycles. The van der Waals surface area contributed by atoms with E-state index >= 15 is 0 Å². The third kappa shape index (κ3) is 7.70. The van der Waals surface area contributed by atoms with Crippen molar-refractivity contribution in [3.05, 3.63) is 64.9 Å². The summed E-state index contributed by atoms with van der Waals surface area (Å²) in [4.78, 5) is 27.2. The fourth-order valence-corrected chi connectivity index (χ4v) is 4.59. The molecule has 2 aromatic rings. The fourth-order valence-electron chi connectivity index (χ4n) is 3.43. The van der Waals surface area contributed by atoms with E-state index in [4.69, 9.17) is 11.6 Å². The monoisotopic (exact) mass is 511 g/mol. The summed E-state index contributed by atoms with van der Waals surface area (Å²) in [6.45, 7) is 4.11. The lowest BCUT2D eigenvalue weighted by molar-refractivity contribution is -0.140. The van der Waals surface area contributed by atoms with Crippen molar-refractivity contribution < 1.29 is 22.4 Å². The summed E-state index contributed by atoms with van der Waals surface area (Å²) in [5.41, 5.74) is 0.620. The smallest absolute Gasteiger partial charge is 0.242 e. The SMILES string of the molecule is CCCNC(=O)[C@@H](C)N(Cc1ccccc1Cl)C(=O)CCCN(c1ccccc1F)S(C)(=O)=O. The van der Waals surface area contributed by atoms with Gasteiger partial charge in [-0.3, -0.25) is 13.9 Å². The molecule has 186 valence electrons. The first-order valence-corrected chi connectivity index (χ1v) is 13.3. The quantitative estimate of drug-likeness (QED) is 0.467. The van der Waals surface area contributed by atoms with Crippen LogP contribution in [0, 0.1) is 5.82 Å². The Kier molecular flexibility index (Phi) is 10.3. The molecule has 10 heteroatoms. The first-order valence-electron chi connectivity index (χ1n) is 11.1. The van der Waals surface area contributed by atoms with Crippen LogP contribution in [0.5, 0.6) is 0 Å². The summed E-state index contributed by atoms with van der Waals surface area (Å²) in [5, 5.41) is 3.27. The highest BCUT2D eigenvalue weighted by Crippen LogP contribution is 2.23. The molecule has 0 aliphatic rings. The molecule has 1 atom stereocenters. The van der Waals surface area contributed by atoms with Crippen LogP contribution in [0.4, 0.5) is 10.1 Å². The topological polar surface area (TPSA) is 86.8 Å². The number of amides is 2. The van der Waals surface area contributed by atoms with Gasteiger partial charge in [0.2, 0.25) is 21.8 Å². The molecule has 0 aliphatic heterocycles. The second-order valence-corrected chi connectivity index (χ2v) is 10.3. The molecule has 7 nitrogen and oxygen atoms in total. The maximum Gasteiger partial charge on any atom is 0.242 e. The zero-order valence-corrected chi connectivity index (χ0v) is 21.2. The lowest BCUT2D eigenvalue weighted by atomic mass is 10.1. The van der Waals surface area contributed by atoms with Crippen LogP contribution < -0.4 is 9.62 Å². The van der Waals surface area contributed by atoms with Gasteiger partial charge in [-0.25, -0.2) is 12.8 Å². The predicted octanol–water partition coefficient (Wildman–Crippen LogP) is 3.97. The Labute approximate surface area is 205 Å². The van der Waals surface area contributed by atoms with Crippen LogP contribution in [-0.4, -0.2) is 50.5 Å². The van der Waals surface area contributed by atoms with Crippen LogP contribution in [-0.2, 0) is 26.2 Å². The number of hydrogen-bond donors (Lipinski definition) is 1. The van der Waals surface area contributed by atoms with Crippen molar-refractivity contribution in [3.63, 3.8) is 0 Å². The zero-order chi connectivity index (χ0) is 25.3. The first-order chi connectivity index (χ1) is 16.1.